The van der Waals surface area contributed by atoms with Crippen molar-refractivity contribution in [3.05, 3.63) is 23.4 Å². The molecule has 4 nitrogen and oxygen atoms in total. The van der Waals surface area contributed by atoms with Crippen LogP contribution < -0.4 is 9.84 Å². The Morgan fingerprint density at radius 1 is 1.75 bits per heavy atom. The Hall–Kier alpha value is -1.29. The van der Waals surface area contributed by atoms with Crippen molar-refractivity contribution >= 4 is 17.6 Å². The van der Waals surface area contributed by atoms with Gasteiger partial charge >= 0.3 is 0 Å². The van der Waals surface area contributed by atoms with Crippen LogP contribution in [0, 0.1) is 0 Å². The summed E-state index contributed by atoms with van der Waals surface area (Å²) in [5.74, 6) is -1.12. The van der Waals surface area contributed by atoms with Gasteiger partial charge in [-0.2, -0.15) is 0 Å². The van der Waals surface area contributed by atoms with Crippen molar-refractivity contribution in [2.24, 2.45) is 0 Å². The SMILES string of the molecule is O=C([O-])COc1cc(Cl)ccn1. The highest BCUT2D eigenvalue weighted by Crippen LogP contribution is 2.13. The lowest BCUT2D eigenvalue weighted by Crippen LogP contribution is -2.29. The molecule has 1 aromatic rings. The smallest absolute Gasteiger partial charge is 0.215 e. The molecule has 0 aliphatic carbocycles. The average molecular weight is 187 g/mol. The highest BCUT2D eigenvalue weighted by Gasteiger charge is 1.95. The van der Waals surface area contributed by atoms with Crippen molar-refractivity contribution in [2.75, 3.05) is 6.61 Å². The standard InChI is InChI=1S/C7H6ClNO3/c8-5-1-2-9-6(3-5)12-4-7(10)11/h1-3H,4H2,(H,10,11)/p-1. The Kier molecular flexibility index (Phi) is 2.88. The topological polar surface area (TPSA) is 62.2 Å². The van der Waals surface area contributed by atoms with Gasteiger partial charge in [0.2, 0.25) is 5.88 Å². The third-order valence-electron chi connectivity index (χ3n) is 1.03. The van der Waals surface area contributed by atoms with Crippen molar-refractivity contribution < 1.29 is 14.6 Å². The number of hydrogen-bond donors (Lipinski definition) is 0. The number of carbonyl (C=O) groups is 1. The lowest BCUT2D eigenvalue weighted by molar-refractivity contribution is -0.307. The van der Waals surface area contributed by atoms with Gasteiger partial charge in [0.1, 0.15) is 6.61 Å². The van der Waals surface area contributed by atoms with E-state index in [-0.39, 0.29) is 5.88 Å². The molecule has 0 saturated carbocycles. The molecular formula is C7H5ClNO3-. The van der Waals surface area contributed by atoms with Crippen molar-refractivity contribution in [1.29, 1.82) is 0 Å². The summed E-state index contributed by atoms with van der Waals surface area (Å²) in [4.78, 5) is 13.7. The van der Waals surface area contributed by atoms with E-state index in [2.05, 4.69) is 4.98 Å². The molecule has 0 radical (unpaired) electrons. The van der Waals surface area contributed by atoms with E-state index in [1.54, 1.807) is 6.07 Å². The fraction of sp³-hybridized carbons (Fsp3) is 0.143. The number of pyridine rings is 1. The van der Waals surface area contributed by atoms with E-state index in [0.717, 1.165) is 0 Å². The fourth-order valence-electron chi connectivity index (χ4n) is 0.597. The highest BCUT2D eigenvalue weighted by molar-refractivity contribution is 6.30. The second kappa shape index (κ2) is 3.92. The third-order valence-corrected chi connectivity index (χ3v) is 1.27. The van der Waals surface area contributed by atoms with E-state index in [4.69, 9.17) is 16.3 Å². The minimum Gasteiger partial charge on any atom is -0.546 e. The van der Waals surface area contributed by atoms with Crippen LogP contribution in [-0.4, -0.2) is 17.6 Å². The Bertz CT molecular complexity index is 290. The fourth-order valence-corrected chi connectivity index (χ4v) is 0.747. The van der Waals surface area contributed by atoms with E-state index in [1.165, 1.54) is 12.3 Å². The largest absolute Gasteiger partial charge is 0.546 e. The number of ether oxygens (including phenoxy) is 1. The second-order valence-corrected chi connectivity index (χ2v) is 2.41. The summed E-state index contributed by atoms with van der Waals surface area (Å²) in [6.07, 6.45) is 1.42. The van der Waals surface area contributed by atoms with Crippen molar-refractivity contribution in [3.8, 4) is 5.88 Å². The molecule has 5 heteroatoms. The first kappa shape index (κ1) is 8.80. The number of carbonyl (C=O) groups excluding carboxylic acids is 1. The molecule has 0 N–H and O–H groups in total. The second-order valence-electron chi connectivity index (χ2n) is 1.97. The molecule has 0 aliphatic rings. The third kappa shape index (κ3) is 2.75. The summed E-state index contributed by atoms with van der Waals surface area (Å²) in [5, 5.41) is 10.4. The van der Waals surface area contributed by atoms with E-state index >= 15 is 0 Å². The molecule has 0 aromatic carbocycles. The summed E-state index contributed by atoms with van der Waals surface area (Å²) in [6.45, 7) is -0.520. The minimum atomic E-state index is -1.29. The molecule has 0 fully saturated rings. The van der Waals surface area contributed by atoms with E-state index < -0.39 is 12.6 Å². The van der Waals surface area contributed by atoms with Crippen LogP contribution in [0.1, 0.15) is 0 Å². The first-order valence-corrected chi connectivity index (χ1v) is 3.50. The van der Waals surface area contributed by atoms with Gasteiger partial charge in [0.05, 0.1) is 5.97 Å². The van der Waals surface area contributed by atoms with E-state index in [1.807, 2.05) is 0 Å². The molecule has 64 valence electrons. The maximum Gasteiger partial charge on any atom is 0.215 e. The van der Waals surface area contributed by atoms with Gasteiger partial charge in [-0.15, -0.1) is 0 Å². The zero-order valence-corrected chi connectivity index (χ0v) is 6.75. The molecule has 1 aromatic heterocycles. The van der Waals surface area contributed by atoms with Crippen LogP contribution in [0.15, 0.2) is 18.3 Å². The number of hydrogen-bond acceptors (Lipinski definition) is 4. The molecular weight excluding hydrogens is 182 g/mol. The summed E-state index contributed by atoms with van der Waals surface area (Å²) >= 11 is 5.58. The van der Waals surface area contributed by atoms with Gasteiger partial charge in [-0.1, -0.05) is 11.6 Å². The maximum atomic E-state index is 9.96. The lowest BCUT2D eigenvalue weighted by Gasteiger charge is -2.04. The minimum absolute atomic E-state index is 0.173. The summed E-state index contributed by atoms with van der Waals surface area (Å²) in [5.41, 5.74) is 0. The Balaban J connectivity index is 2.57. The zero-order chi connectivity index (χ0) is 8.97. The van der Waals surface area contributed by atoms with Crippen molar-refractivity contribution in [2.45, 2.75) is 0 Å². The summed E-state index contributed by atoms with van der Waals surface area (Å²) in [7, 11) is 0. The maximum absolute atomic E-state index is 9.96. The van der Waals surface area contributed by atoms with Crippen molar-refractivity contribution in [3.63, 3.8) is 0 Å². The van der Waals surface area contributed by atoms with Gasteiger partial charge in [-0.05, 0) is 6.07 Å². The van der Waals surface area contributed by atoms with Crippen LogP contribution in [0.5, 0.6) is 5.88 Å². The number of carboxylic acid groups (broad SMARTS) is 1. The van der Waals surface area contributed by atoms with Crippen molar-refractivity contribution in [1.82, 2.24) is 4.98 Å². The number of rotatable bonds is 3. The number of nitrogens with zero attached hydrogens (tertiary/aromatic N) is 1. The van der Waals surface area contributed by atoms with Crippen LogP contribution in [0.3, 0.4) is 0 Å². The number of halogens is 1. The first-order valence-electron chi connectivity index (χ1n) is 3.12. The molecule has 12 heavy (non-hydrogen) atoms. The monoisotopic (exact) mass is 186 g/mol. The van der Waals surface area contributed by atoms with Gasteiger partial charge in [-0.25, -0.2) is 4.98 Å². The summed E-state index contributed by atoms with van der Waals surface area (Å²) in [6, 6.07) is 2.98. The lowest BCUT2D eigenvalue weighted by atomic mass is 10.5. The predicted molar refractivity (Wildman–Crippen MR) is 39.7 cm³/mol. The van der Waals surface area contributed by atoms with Gasteiger partial charge in [0, 0.05) is 17.3 Å². The Morgan fingerprint density at radius 3 is 3.08 bits per heavy atom. The van der Waals surface area contributed by atoms with Gasteiger partial charge in [0.25, 0.3) is 0 Å². The van der Waals surface area contributed by atoms with E-state index in [9.17, 15) is 9.90 Å². The van der Waals surface area contributed by atoms with E-state index in [0.29, 0.717) is 5.02 Å². The van der Waals surface area contributed by atoms with Crippen LogP contribution in [0.2, 0.25) is 5.02 Å². The molecule has 1 heterocycles. The molecule has 0 amide bonds. The Morgan fingerprint density at radius 2 is 2.50 bits per heavy atom. The molecule has 0 spiro atoms. The number of aromatic nitrogens is 1. The van der Waals surface area contributed by atoms with Crippen LogP contribution in [0.25, 0.3) is 0 Å². The molecule has 0 atom stereocenters. The molecule has 1 rings (SSSR count). The first-order chi connectivity index (χ1) is 5.68. The normalized spacial score (nSPS) is 9.42. The van der Waals surface area contributed by atoms with Gasteiger partial charge in [-0.3, -0.25) is 0 Å². The predicted octanol–water partition coefficient (Wildman–Crippen LogP) is -0.136. The molecule has 0 bridgehead atoms. The molecule has 0 aliphatic heterocycles. The van der Waals surface area contributed by atoms with Gasteiger partial charge < -0.3 is 14.6 Å². The van der Waals surface area contributed by atoms with Crippen LogP contribution in [-0.2, 0) is 4.79 Å². The Labute approximate surface area is 73.8 Å². The van der Waals surface area contributed by atoms with Crippen LogP contribution >= 0.6 is 11.6 Å². The number of carboxylic acids is 1. The average Bonchev–Trinajstić information content (AvgIpc) is 2.01. The number of aliphatic carboxylic acids is 1. The quantitative estimate of drug-likeness (QED) is 0.660. The zero-order valence-electron chi connectivity index (χ0n) is 5.99. The highest BCUT2D eigenvalue weighted by atomic mass is 35.5. The van der Waals surface area contributed by atoms with Crippen LogP contribution in [0.4, 0.5) is 0 Å². The van der Waals surface area contributed by atoms with Gasteiger partial charge in [0.15, 0.2) is 0 Å². The summed E-state index contributed by atoms with van der Waals surface area (Å²) < 4.78 is 4.69. The molecule has 0 saturated heterocycles. The molecule has 0 unspecified atom stereocenters.